The van der Waals surface area contributed by atoms with Gasteiger partial charge in [0.15, 0.2) is 0 Å². The van der Waals surface area contributed by atoms with E-state index in [4.69, 9.17) is 15.0 Å². The Balaban J connectivity index is 0.000000437. The molecule has 1 aromatic heterocycles. The number of hydrogen-bond acceptors (Lipinski definition) is 8. The van der Waals surface area contributed by atoms with Crippen LogP contribution < -0.4 is 9.80 Å². The fourth-order valence-electron chi connectivity index (χ4n) is 10.8. The summed E-state index contributed by atoms with van der Waals surface area (Å²) in [7, 11) is 6.90. The second-order valence-electron chi connectivity index (χ2n) is 21.2. The lowest BCUT2D eigenvalue weighted by atomic mass is 9.65. The maximum Gasteiger partial charge on any atom is 0.230 e. The first-order valence-corrected chi connectivity index (χ1v) is 22.2. The van der Waals surface area contributed by atoms with Crippen molar-refractivity contribution in [1.29, 1.82) is 0 Å². The highest BCUT2D eigenvalue weighted by atomic mass is 15.4. The van der Waals surface area contributed by atoms with E-state index in [1.165, 1.54) is 19.3 Å². The van der Waals surface area contributed by atoms with Crippen LogP contribution in [0.2, 0.25) is 0 Å². The van der Waals surface area contributed by atoms with Gasteiger partial charge in [0.05, 0.1) is 0 Å². The van der Waals surface area contributed by atoms with Crippen molar-refractivity contribution in [2.45, 2.75) is 234 Å². The smallest absolute Gasteiger partial charge is 0.230 e. The van der Waals surface area contributed by atoms with Gasteiger partial charge in [0.1, 0.15) is 5.82 Å². The molecule has 0 aliphatic carbocycles. The van der Waals surface area contributed by atoms with Gasteiger partial charge in [-0.2, -0.15) is 15.0 Å². The second kappa shape index (κ2) is 17.5. The molecule has 0 saturated carbocycles. The predicted octanol–water partition coefficient (Wildman–Crippen LogP) is 10.6. The van der Waals surface area contributed by atoms with Crippen LogP contribution in [0.15, 0.2) is 0 Å². The Morgan fingerprint density at radius 1 is 0.556 bits per heavy atom. The zero-order chi connectivity index (χ0) is 41.2. The van der Waals surface area contributed by atoms with Gasteiger partial charge < -0.3 is 9.80 Å². The molecule has 54 heavy (non-hydrogen) atoms. The SMILES string of the molecule is CCC1(C)CC(C)C(C)C(C)(CC)N1C.CCCCN(c1nc(C)nc(N(CCCC)C2CC(C)(C)N(C)C(C)(C)C2)n1)C1CC(C)(C)N(C)C(C)(C)C1. The third kappa shape index (κ3) is 9.95. The first kappa shape index (κ1) is 46.9. The van der Waals surface area contributed by atoms with Gasteiger partial charge in [-0.15, -0.1) is 0 Å². The van der Waals surface area contributed by atoms with Crippen molar-refractivity contribution in [3.05, 3.63) is 5.82 Å². The number of hydrogen-bond donors (Lipinski definition) is 0. The van der Waals surface area contributed by atoms with E-state index in [1.807, 2.05) is 0 Å². The average molecular weight is 755 g/mol. The van der Waals surface area contributed by atoms with Crippen LogP contribution in [0.25, 0.3) is 0 Å². The summed E-state index contributed by atoms with van der Waals surface area (Å²) in [5.74, 6) is 4.22. The molecule has 0 aromatic carbocycles. The van der Waals surface area contributed by atoms with Crippen molar-refractivity contribution in [2.24, 2.45) is 11.8 Å². The Labute approximate surface area is 336 Å². The van der Waals surface area contributed by atoms with E-state index < -0.39 is 0 Å². The Kier molecular flexibility index (Phi) is 15.2. The minimum Gasteiger partial charge on any atom is -0.338 e. The third-order valence-corrected chi connectivity index (χ3v) is 15.8. The van der Waals surface area contributed by atoms with Gasteiger partial charge in [0.2, 0.25) is 11.9 Å². The number of aryl methyl sites for hydroxylation is 1. The van der Waals surface area contributed by atoms with Crippen LogP contribution >= 0.6 is 0 Å². The monoisotopic (exact) mass is 755 g/mol. The minimum atomic E-state index is 0.111. The standard InChI is InChI=1S/C32H61N7.C14H29N/c1-14-16-18-38(25-20-29(4,5)36(12)30(6,7)21-25)27-33-24(3)34-28(35-27)39(19-17-15-2)26-22-31(8,9)37(13)32(10,11)23-26;1-8-13(5)10-11(3)12(4)14(6,9-2)15(13)7/h25-26H,14-23H2,1-13H3;11-12H,8-10H2,1-7H3. The number of nitrogens with zero attached hydrogens (tertiary/aromatic N) is 8. The highest BCUT2D eigenvalue weighted by Gasteiger charge is 2.50. The van der Waals surface area contributed by atoms with Gasteiger partial charge in [-0.3, -0.25) is 14.7 Å². The quantitative estimate of drug-likeness (QED) is 0.209. The number of anilines is 2. The summed E-state index contributed by atoms with van der Waals surface area (Å²) in [6.07, 6.45) is 12.9. The Morgan fingerprint density at radius 2 is 0.926 bits per heavy atom. The van der Waals surface area contributed by atoms with Crippen LogP contribution in [0.5, 0.6) is 0 Å². The first-order valence-electron chi connectivity index (χ1n) is 22.2. The Hall–Kier alpha value is -1.51. The molecule has 0 amide bonds. The summed E-state index contributed by atoms with van der Waals surface area (Å²) < 4.78 is 0. The van der Waals surface area contributed by atoms with Gasteiger partial charge in [-0.1, -0.05) is 54.4 Å². The molecular weight excluding hydrogens is 665 g/mol. The largest absolute Gasteiger partial charge is 0.338 e. The molecule has 4 atom stereocenters. The topological polar surface area (TPSA) is 54.9 Å². The fraction of sp³-hybridized carbons (Fsp3) is 0.935. The zero-order valence-corrected chi connectivity index (χ0v) is 39.6. The molecule has 3 saturated heterocycles. The molecule has 3 fully saturated rings. The maximum atomic E-state index is 5.32. The molecule has 0 bridgehead atoms. The first-order chi connectivity index (χ1) is 24.8. The van der Waals surface area contributed by atoms with Crippen LogP contribution in [0.1, 0.15) is 187 Å². The highest BCUT2D eigenvalue weighted by Crippen LogP contribution is 2.47. The fourth-order valence-corrected chi connectivity index (χ4v) is 10.8. The molecule has 8 nitrogen and oxygen atoms in total. The number of rotatable bonds is 12. The van der Waals surface area contributed by atoms with E-state index in [2.05, 4.69) is 163 Å². The summed E-state index contributed by atoms with van der Waals surface area (Å²) in [5.41, 5.74) is 1.22. The van der Waals surface area contributed by atoms with Crippen molar-refractivity contribution < 1.29 is 0 Å². The van der Waals surface area contributed by atoms with Crippen molar-refractivity contribution in [3.63, 3.8) is 0 Å². The van der Waals surface area contributed by atoms with Gasteiger partial charge in [-0.25, -0.2) is 0 Å². The molecular formula is C46H90N8. The summed E-state index contributed by atoms with van der Waals surface area (Å²) in [5, 5.41) is 0. The van der Waals surface area contributed by atoms with E-state index in [0.717, 1.165) is 94.0 Å². The lowest BCUT2D eigenvalue weighted by Crippen LogP contribution is -2.64. The van der Waals surface area contributed by atoms with E-state index >= 15 is 0 Å². The van der Waals surface area contributed by atoms with Gasteiger partial charge >= 0.3 is 0 Å². The van der Waals surface area contributed by atoms with Crippen molar-refractivity contribution >= 4 is 11.9 Å². The number of likely N-dealkylation sites (tertiary alicyclic amines) is 3. The zero-order valence-electron chi connectivity index (χ0n) is 39.6. The third-order valence-electron chi connectivity index (χ3n) is 15.8. The van der Waals surface area contributed by atoms with E-state index in [1.54, 1.807) is 0 Å². The number of unbranched alkanes of at least 4 members (excludes halogenated alkanes) is 2. The van der Waals surface area contributed by atoms with Crippen LogP contribution in [-0.4, -0.2) is 109 Å². The Bertz CT molecular complexity index is 1230. The molecule has 8 heteroatoms. The summed E-state index contributed by atoms with van der Waals surface area (Å²) in [6, 6.07) is 0.801. The van der Waals surface area contributed by atoms with Crippen molar-refractivity contribution in [1.82, 2.24) is 29.7 Å². The van der Waals surface area contributed by atoms with Crippen LogP contribution in [0.4, 0.5) is 11.9 Å². The normalized spacial score (nSPS) is 30.4. The van der Waals surface area contributed by atoms with E-state index in [-0.39, 0.29) is 22.2 Å². The molecule has 0 spiro atoms. The summed E-state index contributed by atoms with van der Waals surface area (Å²) in [4.78, 5) is 28.2. The average Bonchev–Trinajstić information content (AvgIpc) is 3.07. The van der Waals surface area contributed by atoms with Crippen LogP contribution in [0.3, 0.4) is 0 Å². The maximum absolute atomic E-state index is 5.32. The molecule has 4 heterocycles. The molecule has 0 radical (unpaired) electrons. The second-order valence-corrected chi connectivity index (χ2v) is 21.2. The number of piperidine rings is 3. The van der Waals surface area contributed by atoms with Crippen LogP contribution in [-0.2, 0) is 0 Å². The lowest BCUT2D eigenvalue weighted by molar-refractivity contribution is -0.0881. The molecule has 4 rings (SSSR count). The molecule has 4 unspecified atom stereocenters. The molecule has 3 aliphatic heterocycles. The summed E-state index contributed by atoms with van der Waals surface area (Å²) in [6.45, 7) is 42.1. The molecule has 0 N–H and O–H groups in total. The summed E-state index contributed by atoms with van der Waals surface area (Å²) >= 11 is 0. The van der Waals surface area contributed by atoms with E-state index in [0.29, 0.717) is 23.2 Å². The Morgan fingerprint density at radius 3 is 1.24 bits per heavy atom. The van der Waals surface area contributed by atoms with Crippen molar-refractivity contribution in [3.8, 4) is 0 Å². The van der Waals surface area contributed by atoms with Crippen LogP contribution in [0, 0.1) is 18.8 Å². The van der Waals surface area contributed by atoms with E-state index in [9.17, 15) is 0 Å². The van der Waals surface area contributed by atoms with Gasteiger partial charge in [0.25, 0.3) is 0 Å². The highest BCUT2D eigenvalue weighted by molar-refractivity contribution is 5.42. The van der Waals surface area contributed by atoms with Gasteiger partial charge in [0, 0.05) is 58.4 Å². The molecule has 314 valence electrons. The van der Waals surface area contributed by atoms with Gasteiger partial charge in [-0.05, 0) is 167 Å². The number of aromatic nitrogens is 3. The predicted molar refractivity (Wildman–Crippen MR) is 235 cm³/mol. The van der Waals surface area contributed by atoms with Crippen molar-refractivity contribution in [2.75, 3.05) is 44.0 Å². The molecule has 3 aliphatic rings. The molecule has 1 aromatic rings. The minimum absolute atomic E-state index is 0.111. The lowest BCUT2D eigenvalue weighted by Gasteiger charge is -2.59.